The van der Waals surface area contributed by atoms with Crippen LogP contribution in [0.3, 0.4) is 0 Å². The number of aromatic nitrogens is 2. The largest absolute Gasteiger partial charge is 0.368 e. The first-order valence-corrected chi connectivity index (χ1v) is 9.32. The van der Waals surface area contributed by atoms with Crippen molar-refractivity contribution in [1.82, 2.24) is 10.2 Å². The van der Waals surface area contributed by atoms with Crippen molar-refractivity contribution in [3.8, 4) is 0 Å². The maximum atomic E-state index is 12.1. The first-order chi connectivity index (χ1) is 9.87. The summed E-state index contributed by atoms with van der Waals surface area (Å²) >= 11 is 4.37. The summed E-state index contributed by atoms with van der Waals surface area (Å²) in [7, 11) is -3.62. The van der Waals surface area contributed by atoms with Gasteiger partial charge in [0.15, 0.2) is 5.82 Å². The lowest BCUT2D eigenvalue weighted by molar-refractivity contribution is 0.603. The van der Waals surface area contributed by atoms with Gasteiger partial charge in [0.1, 0.15) is 10.0 Å². The summed E-state index contributed by atoms with van der Waals surface area (Å²) in [6, 6.07) is 6.49. The number of halogens is 1. The first-order valence-electron chi connectivity index (χ1n) is 6.22. The Balaban J connectivity index is 2.06. The van der Waals surface area contributed by atoms with E-state index in [1.165, 1.54) is 6.07 Å². The molecule has 0 aliphatic rings. The molecule has 0 bridgehead atoms. The van der Waals surface area contributed by atoms with E-state index < -0.39 is 10.0 Å². The number of anilines is 2. The van der Waals surface area contributed by atoms with Crippen molar-refractivity contribution in [2.45, 2.75) is 18.1 Å². The highest BCUT2D eigenvalue weighted by Gasteiger charge is 2.17. The number of thiophene rings is 1. The summed E-state index contributed by atoms with van der Waals surface area (Å²) in [6.45, 7) is 4.95. The molecule has 6 nitrogen and oxygen atoms in total. The fourth-order valence-electron chi connectivity index (χ4n) is 1.42. The molecule has 0 aromatic carbocycles. The minimum Gasteiger partial charge on any atom is -0.368 e. The van der Waals surface area contributed by atoms with Gasteiger partial charge >= 0.3 is 0 Å². The number of hydrogen-bond acceptors (Lipinski definition) is 6. The monoisotopic (exact) mass is 390 g/mol. The van der Waals surface area contributed by atoms with Gasteiger partial charge in [0.25, 0.3) is 10.0 Å². The van der Waals surface area contributed by atoms with E-state index >= 15 is 0 Å². The van der Waals surface area contributed by atoms with E-state index in [1.54, 1.807) is 18.2 Å². The van der Waals surface area contributed by atoms with Gasteiger partial charge in [-0.25, -0.2) is 8.42 Å². The molecule has 9 heteroatoms. The molecule has 0 aliphatic carbocycles. The first kappa shape index (κ1) is 16.2. The Kier molecular flexibility index (Phi) is 5.17. The topological polar surface area (TPSA) is 84.0 Å². The molecule has 0 unspecified atom stereocenters. The van der Waals surface area contributed by atoms with Crippen LogP contribution in [0, 0.1) is 5.92 Å². The zero-order chi connectivity index (χ0) is 15.5. The van der Waals surface area contributed by atoms with Gasteiger partial charge < -0.3 is 5.32 Å². The third kappa shape index (κ3) is 4.65. The van der Waals surface area contributed by atoms with Crippen molar-refractivity contribution in [3.05, 3.63) is 28.1 Å². The summed E-state index contributed by atoms with van der Waals surface area (Å²) in [6.07, 6.45) is 0. The second-order valence-electron chi connectivity index (χ2n) is 4.74. The highest BCUT2D eigenvalue weighted by Crippen LogP contribution is 2.27. The van der Waals surface area contributed by atoms with Crippen molar-refractivity contribution in [3.63, 3.8) is 0 Å². The van der Waals surface area contributed by atoms with Crippen LogP contribution < -0.4 is 10.0 Å². The van der Waals surface area contributed by atoms with Crippen LogP contribution in [0.5, 0.6) is 0 Å². The minimum atomic E-state index is -3.62. The van der Waals surface area contributed by atoms with Crippen LogP contribution in [0.15, 0.2) is 32.3 Å². The van der Waals surface area contributed by atoms with E-state index in [-0.39, 0.29) is 10.0 Å². The van der Waals surface area contributed by atoms with Gasteiger partial charge in [-0.2, -0.15) is 0 Å². The molecule has 2 rings (SSSR count). The van der Waals surface area contributed by atoms with Gasteiger partial charge in [0.05, 0.1) is 3.79 Å². The summed E-state index contributed by atoms with van der Waals surface area (Å²) in [5, 5.41) is 10.9. The maximum absolute atomic E-state index is 12.1. The fraction of sp³-hybridized carbons (Fsp3) is 0.333. The zero-order valence-corrected chi connectivity index (χ0v) is 14.7. The molecule has 0 saturated carbocycles. The van der Waals surface area contributed by atoms with Gasteiger partial charge in [-0.05, 0) is 46.1 Å². The molecule has 114 valence electrons. The average Bonchev–Trinajstić information content (AvgIpc) is 2.85. The van der Waals surface area contributed by atoms with Gasteiger partial charge in [-0.15, -0.1) is 21.5 Å². The quantitative estimate of drug-likeness (QED) is 0.790. The molecule has 2 N–H and O–H groups in total. The van der Waals surface area contributed by atoms with Crippen LogP contribution in [-0.2, 0) is 10.0 Å². The van der Waals surface area contributed by atoms with E-state index in [1.807, 2.05) is 0 Å². The zero-order valence-electron chi connectivity index (χ0n) is 11.5. The fourth-order valence-corrected chi connectivity index (χ4v) is 4.43. The Morgan fingerprint density at radius 2 is 1.86 bits per heavy atom. The average molecular weight is 391 g/mol. The molecule has 0 saturated heterocycles. The predicted octanol–water partition coefficient (Wildman–Crippen LogP) is 3.17. The predicted molar refractivity (Wildman–Crippen MR) is 88.2 cm³/mol. The number of nitrogens with one attached hydrogen (secondary N) is 2. The number of rotatable bonds is 6. The van der Waals surface area contributed by atoms with Crippen molar-refractivity contribution in [2.75, 3.05) is 16.6 Å². The van der Waals surface area contributed by atoms with Gasteiger partial charge in [-0.3, -0.25) is 4.72 Å². The molecule has 0 radical (unpaired) electrons. The molecule has 0 fully saturated rings. The number of hydrogen-bond donors (Lipinski definition) is 2. The lowest BCUT2D eigenvalue weighted by Crippen LogP contribution is -2.14. The van der Waals surface area contributed by atoms with E-state index in [0.29, 0.717) is 11.7 Å². The molecular weight excluding hydrogens is 376 g/mol. The lowest BCUT2D eigenvalue weighted by atomic mass is 10.2. The lowest BCUT2D eigenvalue weighted by Gasteiger charge is -2.08. The Bertz CT molecular complexity index is 698. The molecule has 2 heterocycles. The van der Waals surface area contributed by atoms with E-state index in [0.717, 1.165) is 21.7 Å². The van der Waals surface area contributed by atoms with Crippen LogP contribution in [-0.4, -0.2) is 25.2 Å². The summed E-state index contributed by atoms with van der Waals surface area (Å²) in [5.74, 6) is 1.29. The van der Waals surface area contributed by atoms with E-state index in [4.69, 9.17) is 0 Å². The second kappa shape index (κ2) is 6.71. The van der Waals surface area contributed by atoms with Crippen molar-refractivity contribution >= 4 is 48.9 Å². The molecule has 2 aromatic heterocycles. The van der Waals surface area contributed by atoms with Crippen LogP contribution in [0.25, 0.3) is 0 Å². The molecule has 0 spiro atoms. The van der Waals surface area contributed by atoms with Gasteiger partial charge in [-0.1, -0.05) is 13.8 Å². The molecular formula is C12H15BrN4O2S2. The SMILES string of the molecule is CC(C)CNc1ccc(NS(=O)(=O)c2ccc(Br)s2)nn1. The maximum Gasteiger partial charge on any atom is 0.272 e. The van der Waals surface area contributed by atoms with Crippen LogP contribution >= 0.6 is 27.3 Å². The second-order valence-corrected chi connectivity index (χ2v) is 9.11. The number of nitrogens with zero attached hydrogens (tertiary/aromatic N) is 2. The molecule has 2 aromatic rings. The molecule has 0 atom stereocenters. The van der Waals surface area contributed by atoms with E-state index in [2.05, 4.69) is 50.0 Å². The number of sulfonamides is 1. The van der Waals surface area contributed by atoms with Gasteiger partial charge in [0.2, 0.25) is 0 Å². The standard InChI is InChI=1S/C12H15BrN4O2S2/c1-8(2)7-14-10-4-5-11(16-15-10)17-21(18,19)12-6-3-9(13)20-12/h3-6,8H,7H2,1-2H3,(H,14,15)(H,16,17). The third-order valence-corrected chi connectivity index (χ3v) is 5.88. The molecule has 0 amide bonds. The Morgan fingerprint density at radius 1 is 1.19 bits per heavy atom. The smallest absolute Gasteiger partial charge is 0.272 e. The highest BCUT2D eigenvalue weighted by molar-refractivity contribution is 9.11. The molecule has 21 heavy (non-hydrogen) atoms. The third-order valence-electron chi connectivity index (χ3n) is 2.41. The van der Waals surface area contributed by atoms with Crippen LogP contribution in [0.1, 0.15) is 13.8 Å². The van der Waals surface area contributed by atoms with Crippen molar-refractivity contribution < 1.29 is 8.42 Å². The Hall–Kier alpha value is -1.19. The minimum absolute atomic E-state index is 0.189. The summed E-state index contributed by atoms with van der Waals surface area (Å²) in [4.78, 5) is 0. The summed E-state index contributed by atoms with van der Waals surface area (Å²) < 4.78 is 27.6. The highest BCUT2D eigenvalue weighted by atomic mass is 79.9. The van der Waals surface area contributed by atoms with Crippen LogP contribution in [0.4, 0.5) is 11.6 Å². The summed E-state index contributed by atoms with van der Waals surface area (Å²) in [5.41, 5.74) is 0. The van der Waals surface area contributed by atoms with Crippen molar-refractivity contribution in [2.24, 2.45) is 5.92 Å². The van der Waals surface area contributed by atoms with Crippen LogP contribution in [0.2, 0.25) is 0 Å². The van der Waals surface area contributed by atoms with Gasteiger partial charge in [0, 0.05) is 6.54 Å². The molecule has 0 aliphatic heterocycles. The van der Waals surface area contributed by atoms with Crippen molar-refractivity contribution in [1.29, 1.82) is 0 Å². The Labute approximate surface area is 136 Å². The van der Waals surface area contributed by atoms with E-state index in [9.17, 15) is 8.42 Å². The Morgan fingerprint density at radius 3 is 2.38 bits per heavy atom. The normalized spacial score (nSPS) is 11.6.